The molecule has 18 heavy (non-hydrogen) atoms. The van der Waals surface area contributed by atoms with E-state index < -0.39 is 0 Å². The van der Waals surface area contributed by atoms with Crippen LogP contribution in [0.3, 0.4) is 0 Å². The summed E-state index contributed by atoms with van der Waals surface area (Å²) in [6.45, 7) is 0.110. The summed E-state index contributed by atoms with van der Waals surface area (Å²) in [5.41, 5.74) is 1.57. The molecule has 2 rings (SSSR count). The number of para-hydroxylation sites is 2. The lowest BCUT2D eigenvalue weighted by molar-refractivity contribution is -0.115. The molecule has 0 aliphatic heterocycles. The van der Waals surface area contributed by atoms with Gasteiger partial charge in [0.15, 0.2) is 0 Å². The van der Waals surface area contributed by atoms with Gasteiger partial charge in [0.25, 0.3) is 0 Å². The van der Waals surface area contributed by atoms with E-state index in [2.05, 4.69) is 5.32 Å². The van der Waals surface area contributed by atoms with Crippen LogP contribution in [0.25, 0.3) is 0 Å². The highest BCUT2D eigenvalue weighted by atomic mass is 16.2. The molecule has 0 fully saturated rings. The molecule has 0 bridgehead atoms. The Morgan fingerprint density at radius 2 is 1.56 bits per heavy atom. The van der Waals surface area contributed by atoms with E-state index in [-0.39, 0.29) is 12.5 Å². The van der Waals surface area contributed by atoms with Crippen molar-refractivity contribution in [3.63, 3.8) is 0 Å². The minimum Gasteiger partial charge on any atom is -0.324 e. The average molecular weight is 241 g/mol. The predicted molar refractivity (Wildman–Crippen MR) is 73.0 cm³/mol. The molecule has 0 atom stereocenters. The Morgan fingerprint density at radius 3 is 2.17 bits per heavy atom. The van der Waals surface area contributed by atoms with Crippen molar-refractivity contribution in [3.8, 4) is 0 Å². The zero-order chi connectivity index (χ0) is 12.8. The minimum absolute atomic E-state index is 0.110. The molecule has 2 aromatic carbocycles. The molecule has 4 heteroatoms. The van der Waals surface area contributed by atoms with Crippen LogP contribution < -0.4 is 16.2 Å². The number of anilines is 2. The van der Waals surface area contributed by atoms with Crippen molar-refractivity contribution in [2.75, 3.05) is 16.9 Å². The Morgan fingerprint density at radius 1 is 1.00 bits per heavy atom. The van der Waals surface area contributed by atoms with Crippen molar-refractivity contribution in [3.05, 3.63) is 60.7 Å². The number of nitrogens with one attached hydrogen (secondary N) is 1. The number of benzene rings is 2. The number of hydrogen-bond donors (Lipinski definition) is 2. The SMILES string of the molecule is NN(CC(=O)Nc1ccccc1)c1ccccc1. The molecule has 0 aliphatic rings. The molecule has 92 valence electrons. The molecule has 1 amide bonds. The van der Waals surface area contributed by atoms with Crippen molar-refractivity contribution >= 4 is 17.3 Å². The number of rotatable bonds is 4. The summed E-state index contributed by atoms with van der Waals surface area (Å²) in [5, 5.41) is 4.20. The fourth-order valence-electron chi connectivity index (χ4n) is 1.59. The Bertz CT molecular complexity index is 499. The topological polar surface area (TPSA) is 58.4 Å². The largest absolute Gasteiger partial charge is 0.324 e. The molecule has 3 N–H and O–H groups in total. The van der Waals surface area contributed by atoms with E-state index in [0.29, 0.717) is 0 Å². The Kier molecular flexibility index (Phi) is 3.94. The maximum absolute atomic E-state index is 11.8. The molecule has 0 spiro atoms. The van der Waals surface area contributed by atoms with E-state index in [4.69, 9.17) is 5.84 Å². The Labute approximate surface area is 106 Å². The highest BCUT2D eigenvalue weighted by molar-refractivity contribution is 5.93. The first kappa shape index (κ1) is 12.1. The van der Waals surface area contributed by atoms with E-state index in [0.717, 1.165) is 11.4 Å². The van der Waals surface area contributed by atoms with Gasteiger partial charge >= 0.3 is 0 Å². The first-order chi connectivity index (χ1) is 8.75. The number of amides is 1. The van der Waals surface area contributed by atoms with Gasteiger partial charge < -0.3 is 10.3 Å². The summed E-state index contributed by atoms with van der Waals surface area (Å²) in [6.07, 6.45) is 0. The van der Waals surface area contributed by atoms with E-state index in [1.54, 1.807) is 0 Å². The van der Waals surface area contributed by atoms with Gasteiger partial charge in [0.1, 0.15) is 6.54 Å². The highest BCUT2D eigenvalue weighted by Gasteiger charge is 2.07. The summed E-state index contributed by atoms with van der Waals surface area (Å²) in [5.74, 6) is 5.68. The number of carbonyl (C=O) groups is 1. The van der Waals surface area contributed by atoms with Gasteiger partial charge in [-0.1, -0.05) is 36.4 Å². The summed E-state index contributed by atoms with van der Waals surface area (Å²) in [7, 11) is 0. The van der Waals surface area contributed by atoms with Gasteiger partial charge in [0.05, 0.1) is 5.69 Å². The lowest BCUT2D eigenvalue weighted by atomic mass is 10.3. The van der Waals surface area contributed by atoms with Gasteiger partial charge in [-0.15, -0.1) is 0 Å². The fraction of sp³-hybridized carbons (Fsp3) is 0.0714. The second-order valence-corrected chi connectivity index (χ2v) is 3.88. The van der Waals surface area contributed by atoms with E-state index in [9.17, 15) is 4.79 Å². The van der Waals surface area contributed by atoms with Crippen molar-refractivity contribution in [2.45, 2.75) is 0 Å². The maximum Gasteiger partial charge on any atom is 0.245 e. The third-order valence-corrected chi connectivity index (χ3v) is 2.46. The summed E-state index contributed by atoms with van der Waals surface area (Å²) >= 11 is 0. The molecule has 0 saturated carbocycles. The molecular formula is C14H15N3O. The van der Waals surface area contributed by atoms with Crippen molar-refractivity contribution in [2.24, 2.45) is 5.84 Å². The number of nitrogens with zero attached hydrogens (tertiary/aromatic N) is 1. The quantitative estimate of drug-likeness (QED) is 0.636. The second-order valence-electron chi connectivity index (χ2n) is 3.88. The van der Waals surface area contributed by atoms with Crippen LogP contribution in [0.5, 0.6) is 0 Å². The molecule has 4 nitrogen and oxygen atoms in total. The summed E-state index contributed by atoms with van der Waals surface area (Å²) in [4.78, 5) is 11.8. The molecule has 0 heterocycles. The van der Waals surface area contributed by atoms with Gasteiger partial charge in [-0.3, -0.25) is 4.79 Å². The van der Waals surface area contributed by atoms with Crippen LogP contribution >= 0.6 is 0 Å². The molecule has 0 saturated heterocycles. The van der Waals surface area contributed by atoms with Crippen LogP contribution in [-0.2, 0) is 4.79 Å². The first-order valence-electron chi connectivity index (χ1n) is 5.68. The van der Waals surface area contributed by atoms with Crippen molar-refractivity contribution in [1.29, 1.82) is 0 Å². The van der Waals surface area contributed by atoms with E-state index >= 15 is 0 Å². The van der Waals surface area contributed by atoms with Crippen LogP contribution in [0.15, 0.2) is 60.7 Å². The number of carbonyl (C=O) groups excluding carboxylic acids is 1. The zero-order valence-corrected chi connectivity index (χ0v) is 9.91. The molecular weight excluding hydrogens is 226 g/mol. The zero-order valence-electron chi connectivity index (χ0n) is 9.91. The molecule has 0 aromatic heterocycles. The van der Waals surface area contributed by atoms with Crippen molar-refractivity contribution in [1.82, 2.24) is 0 Å². The smallest absolute Gasteiger partial charge is 0.245 e. The Hall–Kier alpha value is -2.33. The molecule has 2 aromatic rings. The summed E-state index contributed by atoms with van der Waals surface area (Å²) in [6, 6.07) is 18.7. The maximum atomic E-state index is 11.8. The second kappa shape index (κ2) is 5.84. The molecule has 0 radical (unpaired) electrons. The number of hydrogen-bond acceptors (Lipinski definition) is 3. The van der Waals surface area contributed by atoms with E-state index in [1.165, 1.54) is 5.01 Å². The van der Waals surface area contributed by atoms with Crippen molar-refractivity contribution < 1.29 is 4.79 Å². The van der Waals surface area contributed by atoms with Gasteiger partial charge in [-0.2, -0.15) is 0 Å². The molecule has 0 unspecified atom stereocenters. The van der Waals surface area contributed by atoms with Gasteiger partial charge in [-0.05, 0) is 24.3 Å². The highest BCUT2D eigenvalue weighted by Crippen LogP contribution is 2.09. The van der Waals surface area contributed by atoms with Crippen LogP contribution in [0, 0.1) is 0 Å². The van der Waals surface area contributed by atoms with Crippen LogP contribution in [0.4, 0.5) is 11.4 Å². The third kappa shape index (κ3) is 3.33. The average Bonchev–Trinajstić information content (AvgIpc) is 2.40. The Balaban J connectivity index is 1.92. The van der Waals surface area contributed by atoms with Gasteiger partial charge in [0.2, 0.25) is 5.91 Å². The fourth-order valence-corrected chi connectivity index (χ4v) is 1.59. The normalized spacial score (nSPS) is 9.83. The number of nitrogens with two attached hydrogens (primary N) is 1. The minimum atomic E-state index is -0.146. The monoisotopic (exact) mass is 241 g/mol. The van der Waals surface area contributed by atoms with E-state index in [1.807, 2.05) is 60.7 Å². The molecule has 0 aliphatic carbocycles. The number of hydrazine groups is 1. The van der Waals surface area contributed by atoms with Crippen LogP contribution in [0.1, 0.15) is 0 Å². The van der Waals surface area contributed by atoms with Gasteiger partial charge in [0, 0.05) is 5.69 Å². The summed E-state index contributed by atoms with van der Waals surface area (Å²) < 4.78 is 0. The third-order valence-electron chi connectivity index (χ3n) is 2.46. The standard InChI is InChI=1S/C14H15N3O/c15-17(13-9-5-2-6-10-13)11-14(18)16-12-7-3-1-4-8-12/h1-10H,11,15H2,(H,16,18). The van der Waals surface area contributed by atoms with Gasteiger partial charge in [-0.25, -0.2) is 5.84 Å². The first-order valence-corrected chi connectivity index (χ1v) is 5.68. The predicted octanol–water partition coefficient (Wildman–Crippen LogP) is 2.01. The lowest BCUT2D eigenvalue weighted by Gasteiger charge is -2.17. The van der Waals surface area contributed by atoms with Crippen LogP contribution in [-0.4, -0.2) is 12.5 Å². The lowest BCUT2D eigenvalue weighted by Crippen LogP contribution is -2.38. The van der Waals surface area contributed by atoms with Crippen LogP contribution in [0.2, 0.25) is 0 Å².